The van der Waals surface area contributed by atoms with Crippen LogP contribution in [0, 0.1) is 13.8 Å². The average Bonchev–Trinajstić information content (AvgIpc) is 2.86. The zero-order valence-corrected chi connectivity index (χ0v) is 16.1. The topological polar surface area (TPSA) is 58.6 Å². The number of aryl methyl sites for hydroxylation is 2. The summed E-state index contributed by atoms with van der Waals surface area (Å²) in [6.45, 7) is 8.56. The molecule has 0 spiro atoms. The molecule has 1 heterocycles. The number of nitrogens with one attached hydrogen (secondary N) is 1. The maximum Gasteiger partial charge on any atom is 0.278 e. The molecule has 0 saturated heterocycles. The first-order chi connectivity index (χ1) is 13.0. The molecule has 5 heteroatoms. The van der Waals surface area contributed by atoms with E-state index in [9.17, 15) is 9.59 Å². The van der Waals surface area contributed by atoms with Gasteiger partial charge in [-0.2, -0.15) is 0 Å². The Kier molecular flexibility index (Phi) is 5.31. The van der Waals surface area contributed by atoms with Crippen LogP contribution in [0.5, 0.6) is 5.75 Å². The number of imide groups is 1. The number of nitrogens with zero attached hydrogens (tertiary/aromatic N) is 1. The van der Waals surface area contributed by atoms with Crippen molar-refractivity contribution in [2.75, 3.05) is 18.5 Å². The highest BCUT2D eigenvalue weighted by Gasteiger charge is 2.38. The van der Waals surface area contributed by atoms with E-state index in [2.05, 4.69) is 5.32 Å². The number of ether oxygens (including phenoxy) is 1. The Morgan fingerprint density at radius 3 is 2.44 bits per heavy atom. The molecule has 2 amide bonds. The van der Waals surface area contributed by atoms with Gasteiger partial charge in [-0.15, -0.1) is 0 Å². The van der Waals surface area contributed by atoms with Crippen LogP contribution in [0.2, 0.25) is 0 Å². The molecule has 0 fully saturated rings. The number of likely N-dealkylation sites (N-methyl/N-ethyl adjacent to an activating group) is 1. The van der Waals surface area contributed by atoms with E-state index in [0.717, 1.165) is 16.7 Å². The van der Waals surface area contributed by atoms with Gasteiger partial charge in [-0.25, -0.2) is 0 Å². The fourth-order valence-electron chi connectivity index (χ4n) is 3.30. The summed E-state index contributed by atoms with van der Waals surface area (Å²) in [5.74, 6) is 0.137. The molecule has 0 aromatic heterocycles. The molecule has 0 radical (unpaired) electrons. The van der Waals surface area contributed by atoms with Crippen molar-refractivity contribution in [3.05, 3.63) is 64.9 Å². The van der Waals surface area contributed by atoms with Crippen LogP contribution in [-0.2, 0) is 9.59 Å². The molecule has 5 nitrogen and oxygen atoms in total. The van der Waals surface area contributed by atoms with Gasteiger partial charge in [-0.1, -0.05) is 29.8 Å². The second-order valence-corrected chi connectivity index (χ2v) is 6.51. The van der Waals surface area contributed by atoms with Crippen LogP contribution < -0.4 is 10.1 Å². The van der Waals surface area contributed by atoms with E-state index in [1.807, 2.05) is 63.2 Å². The first-order valence-corrected chi connectivity index (χ1v) is 9.14. The number of carbonyl (C=O) groups is 2. The molecule has 0 bridgehead atoms. The Morgan fingerprint density at radius 2 is 1.78 bits per heavy atom. The van der Waals surface area contributed by atoms with E-state index >= 15 is 0 Å². The molecule has 0 aliphatic carbocycles. The van der Waals surface area contributed by atoms with Gasteiger partial charge in [0.1, 0.15) is 11.4 Å². The Bertz CT molecular complexity index is 931. The zero-order chi connectivity index (χ0) is 19.6. The maximum absolute atomic E-state index is 12.9. The lowest BCUT2D eigenvalue weighted by molar-refractivity contribution is -0.136. The highest BCUT2D eigenvalue weighted by molar-refractivity contribution is 6.36. The van der Waals surface area contributed by atoms with Crippen molar-refractivity contribution in [3.63, 3.8) is 0 Å². The van der Waals surface area contributed by atoms with Crippen LogP contribution in [0.3, 0.4) is 0 Å². The van der Waals surface area contributed by atoms with Gasteiger partial charge in [-0.3, -0.25) is 14.5 Å². The standard InChI is InChI=1S/C22H24N2O3/c1-5-24-21(25)19(18-11-10-14(3)12-15(18)4)20(22(24)26)23-16-8-7-9-17(13-16)27-6-2/h7-13,23H,5-6H2,1-4H3. The SMILES string of the molecule is CCOc1cccc(NC2=C(c3ccc(C)cc3C)C(=O)N(CC)C2=O)c1. The number of hydrogen-bond donors (Lipinski definition) is 1. The van der Waals surface area contributed by atoms with Crippen molar-refractivity contribution < 1.29 is 14.3 Å². The summed E-state index contributed by atoms with van der Waals surface area (Å²) >= 11 is 0. The van der Waals surface area contributed by atoms with Crippen LogP contribution in [0.25, 0.3) is 5.57 Å². The highest BCUT2D eigenvalue weighted by Crippen LogP contribution is 2.32. The molecular formula is C22H24N2O3. The van der Waals surface area contributed by atoms with Crippen molar-refractivity contribution in [3.8, 4) is 5.75 Å². The third kappa shape index (κ3) is 3.58. The van der Waals surface area contributed by atoms with Gasteiger partial charge in [-0.05, 0) is 51.0 Å². The number of carbonyl (C=O) groups excluding carboxylic acids is 2. The lowest BCUT2D eigenvalue weighted by Crippen LogP contribution is -2.32. The van der Waals surface area contributed by atoms with Crippen LogP contribution in [0.15, 0.2) is 48.2 Å². The number of anilines is 1. The second kappa shape index (κ2) is 7.66. The third-order valence-corrected chi connectivity index (χ3v) is 4.55. The molecule has 140 valence electrons. The molecular weight excluding hydrogens is 340 g/mol. The minimum absolute atomic E-state index is 0.266. The van der Waals surface area contributed by atoms with E-state index in [4.69, 9.17) is 4.74 Å². The van der Waals surface area contributed by atoms with E-state index in [0.29, 0.717) is 35.9 Å². The lowest BCUT2D eigenvalue weighted by Gasteiger charge is -2.12. The summed E-state index contributed by atoms with van der Waals surface area (Å²) in [4.78, 5) is 27.1. The Hall–Kier alpha value is -3.08. The highest BCUT2D eigenvalue weighted by atomic mass is 16.5. The fraction of sp³-hybridized carbons (Fsp3) is 0.273. The predicted molar refractivity (Wildman–Crippen MR) is 106 cm³/mol. The molecule has 27 heavy (non-hydrogen) atoms. The number of amides is 2. The summed E-state index contributed by atoms with van der Waals surface area (Å²) in [6.07, 6.45) is 0. The molecule has 3 rings (SSSR count). The van der Waals surface area contributed by atoms with Gasteiger partial charge in [0.15, 0.2) is 0 Å². The first kappa shape index (κ1) is 18.7. The largest absolute Gasteiger partial charge is 0.494 e. The van der Waals surface area contributed by atoms with Gasteiger partial charge < -0.3 is 10.1 Å². The van der Waals surface area contributed by atoms with Gasteiger partial charge in [0.05, 0.1) is 12.2 Å². The van der Waals surface area contributed by atoms with Gasteiger partial charge in [0.2, 0.25) is 0 Å². The number of rotatable bonds is 6. The maximum atomic E-state index is 12.9. The van der Waals surface area contributed by atoms with Crippen LogP contribution >= 0.6 is 0 Å². The van der Waals surface area contributed by atoms with Crippen molar-refractivity contribution in [2.45, 2.75) is 27.7 Å². The molecule has 2 aromatic rings. The van der Waals surface area contributed by atoms with E-state index < -0.39 is 0 Å². The summed E-state index contributed by atoms with van der Waals surface area (Å²) in [6, 6.07) is 13.3. The van der Waals surface area contributed by atoms with Crippen molar-refractivity contribution in [1.29, 1.82) is 0 Å². The van der Waals surface area contributed by atoms with Gasteiger partial charge in [0.25, 0.3) is 11.8 Å². The van der Waals surface area contributed by atoms with E-state index in [-0.39, 0.29) is 11.8 Å². The molecule has 2 aromatic carbocycles. The molecule has 0 unspecified atom stereocenters. The van der Waals surface area contributed by atoms with Gasteiger partial charge >= 0.3 is 0 Å². The summed E-state index contributed by atoms with van der Waals surface area (Å²) < 4.78 is 5.53. The zero-order valence-electron chi connectivity index (χ0n) is 16.1. The van der Waals surface area contributed by atoms with Crippen LogP contribution in [0.1, 0.15) is 30.5 Å². The third-order valence-electron chi connectivity index (χ3n) is 4.55. The average molecular weight is 364 g/mol. The number of benzene rings is 2. The lowest BCUT2D eigenvalue weighted by atomic mass is 9.97. The fourth-order valence-corrected chi connectivity index (χ4v) is 3.30. The van der Waals surface area contributed by atoms with Crippen LogP contribution in [-0.4, -0.2) is 29.9 Å². The summed E-state index contributed by atoms with van der Waals surface area (Å²) in [5.41, 5.74) is 4.28. The van der Waals surface area contributed by atoms with Crippen molar-refractivity contribution in [1.82, 2.24) is 4.90 Å². The predicted octanol–water partition coefficient (Wildman–Crippen LogP) is 3.91. The Balaban J connectivity index is 2.09. The van der Waals surface area contributed by atoms with Gasteiger partial charge in [0, 0.05) is 18.3 Å². The van der Waals surface area contributed by atoms with E-state index in [1.54, 1.807) is 6.92 Å². The first-order valence-electron chi connectivity index (χ1n) is 9.14. The molecule has 1 aliphatic heterocycles. The minimum atomic E-state index is -0.306. The van der Waals surface area contributed by atoms with Crippen LogP contribution in [0.4, 0.5) is 5.69 Å². The minimum Gasteiger partial charge on any atom is -0.494 e. The summed E-state index contributed by atoms with van der Waals surface area (Å²) in [5, 5.41) is 3.16. The van der Waals surface area contributed by atoms with Crippen molar-refractivity contribution >= 4 is 23.1 Å². The smallest absolute Gasteiger partial charge is 0.278 e. The van der Waals surface area contributed by atoms with Crippen molar-refractivity contribution in [2.24, 2.45) is 0 Å². The Morgan fingerprint density at radius 1 is 1.00 bits per heavy atom. The van der Waals surface area contributed by atoms with E-state index in [1.165, 1.54) is 4.90 Å². The molecule has 1 aliphatic rings. The molecule has 0 saturated carbocycles. The quantitative estimate of drug-likeness (QED) is 0.790. The second-order valence-electron chi connectivity index (χ2n) is 6.51. The normalized spacial score (nSPS) is 14.1. The Labute approximate surface area is 159 Å². The molecule has 0 atom stereocenters. The summed E-state index contributed by atoms with van der Waals surface area (Å²) in [7, 11) is 0. The monoisotopic (exact) mass is 364 g/mol. The number of hydrogen-bond acceptors (Lipinski definition) is 4. The molecule has 1 N–H and O–H groups in total.